The first-order valence-corrected chi connectivity index (χ1v) is 9.71. The van der Waals surface area contributed by atoms with Crippen LogP contribution in [-0.2, 0) is 4.79 Å². The molecule has 0 unspecified atom stereocenters. The van der Waals surface area contributed by atoms with Gasteiger partial charge in [0.05, 0.1) is 10.7 Å². The molecule has 148 valence electrons. The van der Waals surface area contributed by atoms with Crippen LogP contribution in [0.2, 0.25) is 0 Å². The molecule has 0 radical (unpaired) electrons. The van der Waals surface area contributed by atoms with E-state index < -0.39 is 10.8 Å². The van der Waals surface area contributed by atoms with Crippen LogP contribution in [0, 0.1) is 10.1 Å². The van der Waals surface area contributed by atoms with E-state index in [2.05, 4.69) is 26.0 Å². The second-order valence-electron chi connectivity index (χ2n) is 6.14. The van der Waals surface area contributed by atoms with E-state index >= 15 is 0 Å². The predicted octanol–water partition coefficient (Wildman–Crippen LogP) is 2.36. The van der Waals surface area contributed by atoms with E-state index in [1.165, 1.54) is 29.3 Å². The summed E-state index contributed by atoms with van der Waals surface area (Å²) in [6.07, 6.45) is 5.40. The molecule has 2 aromatic rings. The standard InChI is InChI=1S/C16H20N8O3S/c17-23-15(20-19-11-6-2-1-3-7-11)21-22-16(23)28-10-14(25)18-12-8-4-5-9-13(12)24(26)27/h4-5,8-9H,1-3,6-7,10,17H2,(H,18,25)(H,20,21). The maximum Gasteiger partial charge on any atom is 0.292 e. The largest absolute Gasteiger partial charge is 0.334 e. The molecule has 1 aliphatic rings. The third kappa shape index (κ3) is 4.97. The van der Waals surface area contributed by atoms with E-state index in [4.69, 9.17) is 5.84 Å². The fourth-order valence-electron chi connectivity index (χ4n) is 2.71. The van der Waals surface area contributed by atoms with Crippen LogP contribution in [-0.4, -0.2) is 37.2 Å². The SMILES string of the molecule is Nn1c(NN=C2CCCCC2)nnc1SCC(=O)Nc1ccccc1[N+](=O)[O-]. The first-order chi connectivity index (χ1) is 13.5. The van der Waals surface area contributed by atoms with Crippen LogP contribution >= 0.6 is 11.8 Å². The van der Waals surface area contributed by atoms with Crippen molar-refractivity contribution in [3.63, 3.8) is 0 Å². The maximum absolute atomic E-state index is 12.1. The van der Waals surface area contributed by atoms with Gasteiger partial charge in [-0.15, -0.1) is 10.2 Å². The van der Waals surface area contributed by atoms with Gasteiger partial charge in [0.25, 0.3) is 11.6 Å². The van der Waals surface area contributed by atoms with Crippen LogP contribution in [0.4, 0.5) is 17.3 Å². The number of carbonyl (C=O) groups is 1. The van der Waals surface area contributed by atoms with Crippen molar-refractivity contribution in [1.29, 1.82) is 0 Å². The lowest BCUT2D eigenvalue weighted by Crippen LogP contribution is -2.17. The molecule has 11 nitrogen and oxygen atoms in total. The summed E-state index contributed by atoms with van der Waals surface area (Å²) >= 11 is 1.06. The molecule has 0 aliphatic heterocycles. The molecule has 1 amide bonds. The Bertz CT molecular complexity index is 890. The van der Waals surface area contributed by atoms with Crippen molar-refractivity contribution in [3.8, 4) is 0 Å². The van der Waals surface area contributed by atoms with Gasteiger partial charge in [-0.05, 0) is 31.7 Å². The first-order valence-electron chi connectivity index (χ1n) is 8.72. The van der Waals surface area contributed by atoms with Crippen LogP contribution < -0.4 is 16.6 Å². The Labute approximate surface area is 164 Å². The molecule has 1 saturated carbocycles. The number of nitrogens with one attached hydrogen (secondary N) is 2. The zero-order valence-electron chi connectivity index (χ0n) is 15.0. The molecule has 1 aromatic heterocycles. The number of nitrogens with two attached hydrogens (primary N) is 1. The number of nitrogens with zero attached hydrogens (tertiary/aromatic N) is 5. The number of nitro groups is 1. The van der Waals surface area contributed by atoms with Gasteiger partial charge in [-0.2, -0.15) is 5.10 Å². The van der Waals surface area contributed by atoms with Gasteiger partial charge in [0.2, 0.25) is 11.1 Å². The smallest absolute Gasteiger partial charge is 0.292 e. The molecule has 28 heavy (non-hydrogen) atoms. The topological polar surface area (TPSA) is 153 Å². The number of amides is 1. The van der Waals surface area contributed by atoms with Crippen molar-refractivity contribution >= 4 is 40.7 Å². The number of thioether (sulfide) groups is 1. The van der Waals surface area contributed by atoms with E-state index in [1.807, 2.05) is 0 Å². The van der Waals surface area contributed by atoms with E-state index in [1.54, 1.807) is 6.07 Å². The molecule has 0 spiro atoms. The number of nitrogen functional groups attached to an aromatic ring is 1. The highest BCUT2D eigenvalue weighted by Gasteiger charge is 2.17. The molecule has 4 N–H and O–H groups in total. The Hall–Kier alpha value is -3.15. The molecule has 0 bridgehead atoms. The summed E-state index contributed by atoms with van der Waals surface area (Å²) in [5, 5.41) is 26.0. The van der Waals surface area contributed by atoms with Gasteiger partial charge in [-0.1, -0.05) is 30.3 Å². The number of nitro benzene ring substituents is 1. The van der Waals surface area contributed by atoms with Crippen LogP contribution in [0.3, 0.4) is 0 Å². The minimum absolute atomic E-state index is 0.0318. The molecule has 1 aromatic carbocycles. The summed E-state index contributed by atoms with van der Waals surface area (Å²) in [5.41, 5.74) is 3.86. The number of anilines is 2. The highest BCUT2D eigenvalue weighted by atomic mass is 32.2. The van der Waals surface area contributed by atoms with Gasteiger partial charge in [-0.25, -0.2) is 10.1 Å². The van der Waals surface area contributed by atoms with Gasteiger partial charge < -0.3 is 11.2 Å². The highest BCUT2D eigenvalue weighted by Crippen LogP contribution is 2.24. The maximum atomic E-state index is 12.1. The summed E-state index contributed by atoms with van der Waals surface area (Å²) < 4.78 is 1.22. The van der Waals surface area contributed by atoms with Gasteiger partial charge in [0.1, 0.15) is 5.69 Å². The van der Waals surface area contributed by atoms with Gasteiger partial charge in [0, 0.05) is 11.8 Å². The number of para-hydroxylation sites is 2. The number of hydrogen-bond donors (Lipinski definition) is 3. The monoisotopic (exact) mass is 404 g/mol. The molecular formula is C16H20N8O3S. The average Bonchev–Trinajstić information content (AvgIpc) is 3.05. The van der Waals surface area contributed by atoms with Crippen LogP contribution in [0.15, 0.2) is 34.5 Å². The van der Waals surface area contributed by atoms with E-state index in [9.17, 15) is 14.9 Å². The molecule has 1 aliphatic carbocycles. The number of benzene rings is 1. The lowest BCUT2D eigenvalue weighted by atomic mass is 9.99. The van der Waals surface area contributed by atoms with Crippen molar-refractivity contribution in [3.05, 3.63) is 34.4 Å². The highest BCUT2D eigenvalue weighted by molar-refractivity contribution is 7.99. The van der Waals surface area contributed by atoms with Gasteiger partial charge in [0.15, 0.2) is 0 Å². The fraction of sp³-hybridized carbons (Fsp3) is 0.375. The van der Waals surface area contributed by atoms with Crippen LogP contribution in [0.1, 0.15) is 32.1 Å². The number of hydrazone groups is 1. The number of carbonyl (C=O) groups excluding carboxylic acids is 1. The quantitative estimate of drug-likeness (QED) is 0.275. The average molecular weight is 404 g/mol. The van der Waals surface area contributed by atoms with Crippen molar-refractivity contribution < 1.29 is 9.72 Å². The normalized spacial score (nSPS) is 13.8. The summed E-state index contributed by atoms with van der Waals surface area (Å²) in [5.74, 6) is 5.77. The summed E-state index contributed by atoms with van der Waals surface area (Å²) in [4.78, 5) is 22.6. The summed E-state index contributed by atoms with van der Waals surface area (Å²) in [7, 11) is 0. The summed E-state index contributed by atoms with van der Waals surface area (Å²) in [6.45, 7) is 0. The minimum atomic E-state index is -0.551. The molecule has 3 rings (SSSR count). The molecule has 12 heteroatoms. The second kappa shape index (κ2) is 9.17. The van der Waals surface area contributed by atoms with E-state index in [0.717, 1.165) is 43.2 Å². The van der Waals surface area contributed by atoms with Crippen molar-refractivity contribution in [2.45, 2.75) is 37.3 Å². The third-order valence-corrected chi connectivity index (χ3v) is 5.06. The van der Waals surface area contributed by atoms with Crippen molar-refractivity contribution in [2.24, 2.45) is 5.10 Å². The third-order valence-electron chi connectivity index (χ3n) is 4.12. The van der Waals surface area contributed by atoms with Crippen LogP contribution in [0.25, 0.3) is 0 Å². The number of hydrogen-bond acceptors (Lipinski definition) is 9. The summed E-state index contributed by atoms with van der Waals surface area (Å²) in [6, 6.07) is 5.94. The van der Waals surface area contributed by atoms with Crippen LogP contribution in [0.5, 0.6) is 0 Å². The predicted molar refractivity (Wildman–Crippen MR) is 107 cm³/mol. The Balaban J connectivity index is 1.55. The van der Waals surface area contributed by atoms with Gasteiger partial charge in [-0.3, -0.25) is 14.9 Å². The Kier molecular flexibility index (Phi) is 6.42. The van der Waals surface area contributed by atoms with E-state index in [-0.39, 0.29) is 23.1 Å². The first kappa shape index (κ1) is 19.6. The van der Waals surface area contributed by atoms with E-state index in [0.29, 0.717) is 5.16 Å². The molecule has 1 fully saturated rings. The molecule has 0 saturated heterocycles. The number of aromatic nitrogens is 3. The zero-order valence-corrected chi connectivity index (χ0v) is 15.8. The lowest BCUT2D eigenvalue weighted by Gasteiger charge is -2.12. The Morgan fingerprint density at radius 3 is 2.79 bits per heavy atom. The number of rotatable bonds is 7. The van der Waals surface area contributed by atoms with Gasteiger partial charge >= 0.3 is 0 Å². The lowest BCUT2D eigenvalue weighted by molar-refractivity contribution is -0.383. The molecular weight excluding hydrogens is 384 g/mol. The van der Waals surface area contributed by atoms with Crippen molar-refractivity contribution in [2.75, 3.05) is 22.3 Å². The van der Waals surface area contributed by atoms with Crippen molar-refractivity contribution in [1.82, 2.24) is 14.9 Å². The second-order valence-corrected chi connectivity index (χ2v) is 7.08. The molecule has 0 atom stereocenters. The minimum Gasteiger partial charge on any atom is -0.334 e. The zero-order chi connectivity index (χ0) is 19.9. The Morgan fingerprint density at radius 2 is 2.04 bits per heavy atom. The molecule has 1 heterocycles. The fourth-order valence-corrected chi connectivity index (χ4v) is 3.36. The Morgan fingerprint density at radius 1 is 1.29 bits per heavy atom.